The molecule has 0 radical (unpaired) electrons. The van der Waals surface area contributed by atoms with Crippen LogP contribution in [0.3, 0.4) is 0 Å². The summed E-state index contributed by atoms with van der Waals surface area (Å²) < 4.78 is 28.2. The molecular formula is C17H31N5O5S. The first-order valence-electron chi connectivity index (χ1n) is 9.48. The summed E-state index contributed by atoms with van der Waals surface area (Å²) in [5.41, 5.74) is 5.46. The average molecular weight is 418 g/mol. The predicted molar refractivity (Wildman–Crippen MR) is 106 cm³/mol. The zero-order valence-electron chi connectivity index (χ0n) is 16.8. The Hall–Kier alpha value is -2.04. The Morgan fingerprint density at radius 1 is 1.18 bits per heavy atom. The van der Waals surface area contributed by atoms with Gasteiger partial charge < -0.3 is 25.6 Å². The summed E-state index contributed by atoms with van der Waals surface area (Å²) in [5.74, 6) is 0.234. The smallest absolute Gasteiger partial charge is 0.410 e. The number of hydrogen-bond acceptors (Lipinski definition) is 6. The second-order valence-corrected chi connectivity index (χ2v) is 10.3. The number of piperazine rings is 1. The minimum Gasteiger partial charge on any atom is -0.444 e. The van der Waals surface area contributed by atoms with Crippen LogP contribution >= 0.6 is 0 Å². The van der Waals surface area contributed by atoms with Gasteiger partial charge in [-0.1, -0.05) is 0 Å². The number of rotatable bonds is 4. The van der Waals surface area contributed by atoms with Gasteiger partial charge in [0.15, 0.2) is 15.8 Å². The number of guanidine groups is 1. The van der Waals surface area contributed by atoms with Gasteiger partial charge in [-0.2, -0.15) is 0 Å². The number of nitrogens with two attached hydrogens (primary N) is 1. The third-order valence-corrected chi connectivity index (χ3v) is 6.23. The lowest BCUT2D eigenvalue weighted by Crippen LogP contribution is -2.53. The molecule has 1 unspecified atom stereocenters. The van der Waals surface area contributed by atoms with E-state index in [4.69, 9.17) is 10.5 Å². The van der Waals surface area contributed by atoms with Gasteiger partial charge in [0.1, 0.15) is 5.60 Å². The highest BCUT2D eigenvalue weighted by atomic mass is 32.2. The Morgan fingerprint density at radius 2 is 1.79 bits per heavy atom. The Kier molecular flexibility index (Phi) is 7.13. The lowest BCUT2D eigenvalue weighted by atomic mass is 10.2. The summed E-state index contributed by atoms with van der Waals surface area (Å²) in [6.45, 7) is 7.77. The van der Waals surface area contributed by atoms with Crippen molar-refractivity contribution in [2.45, 2.75) is 45.3 Å². The van der Waals surface area contributed by atoms with E-state index in [1.807, 2.05) is 25.7 Å². The fraction of sp³-hybridized carbons (Fsp3) is 0.824. The maximum Gasteiger partial charge on any atom is 0.410 e. The molecule has 2 aliphatic rings. The molecule has 2 aliphatic heterocycles. The SMILES string of the molecule is CC(C)(C)OC(=O)N1CCN(C(N)=NCCC(=O)NC2CCS(=O)(=O)C2)CC1. The van der Waals surface area contributed by atoms with Crippen molar-refractivity contribution in [2.24, 2.45) is 10.7 Å². The minimum atomic E-state index is -3.02. The van der Waals surface area contributed by atoms with Crippen LogP contribution in [0.2, 0.25) is 0 Å². The van der Waals surface area contributed by atoms with Gasteiger partial charge in [0.2, 0.25) is 5.91 Å². The van der Waals surface area contributed by atoms with Gasteiger partial charge >= 0.3 is 6.09 Å². The maximum atomic E-state index is 12.1. The number of nitrogens with one attached hydrogen (secondary N) is 1. The lowest BCUT2D eigenvalue weighted by molar-refractivity contribution is -0.121. The quantitative estimate of drug-likeness (QED) is 0.467. The van der Waals surface area contributed by atoms with Crippen molar-refractivity contribution in [3.05, 3.63) is 0 Å². The molecule has 0 aliphatic carbocycles. The molecule has 2 fully saturated rings. The van der Waals surface area contributed by atoms with Crippen molar-refractivity contribution in [1.82, 2.24) is 15.1 Å². The lowest BCUT2D eigenvalue weighted by Gasteiger charge is -2.36. The summed E-state index contributed by atoms with van der Waals surface area (Å²) in [6.07, 6.45) is 0.268. The Balaban J connectivity index is 1.70. The van der Waals surface area contributed by atoms with Crippen LogP contribution in [-0.4, -0.2) is 92.0 Å². The fourth-order valence-electron chi connectivity index (χ4n) is 3.03. The van der Waals surface area contributed by atoms with Crippen LogP contribution in [0, 0.1) is 0 Å². The molecule has 2 amide bonds. The monoisotopic (exact) mass is 417 g/mol. The molecule has 10 nitrogen and oxygen atoms in total. The molecule has 1 atom stereocenters. The van der Waals surface area contributed by atoms with E-state index in [2.05, 4.69) is 10.3 Å². The largest absolute Gasteiger partial charge is 0.444 e. The van der Waals surface area contributed by atoms with Crippen LogP contribution < -0.4 is 11.1 Å². The third-order valence-electron chi connectivity index (χ3n) is 4.47. The first-order chi connectivity index (χ1) is 13.0. The van der Waals surface area contributed by atoms with Gasteiger partial charge in [-0.05, 0) is 27.2 Å². The van der Waals surface area contributed by atoms with Crippen LogP contribution in [0.1, 0.15) is 33.6 Å². The van der Waals surface area contributed by atoms with Crippen LogP contribution in [0.15, 0.2) is 4.99 Å². The molecule has 11 heteroatoms. The molecule has 0 aromatic heterocycles. The van der Waals surface area contributed by atoms with Gasteiger partial charge in [-0.25, -0.2) is 13.2 Å². The van der Waals surface area contributed by atoms with E-state index >= 15 is 0 Å². The zero-order chi connectivity index (χ0) is 20.9. The van der Waals surface area contributed by atoms with E-state index in [0.29, 0.717) is 38.6 Å². The highest BCUT2D eigenvalue weighted by molar-refractivity contribution is 7.91. The molecule has 0 spiro atoms. The van der Waals surface area contributed by atoms with E-state index < -0.39 is 15.4 Å². The van der Waals surface area contributed by atoms with Crippen LogP contribution in [-0.2, 0) is 19.4 Å². The molecule has 0 aromatic rings. The van der Waals surface area contributed by atoms with E-state index in [1.54, 1.807) is 4.90 Å². The van der Waals surface area contributed by atoms with Gasteiger partial charge in [0.25, 0.3) is 0 Å². The van der Waals surface area contributed by atoms with Gasteiger partial charge in [0, 0.05) is 38.6 Å². The number of hydrogen-bond donors (Lipinski definition) is 2. The van der Waals surface area contributed by atoms with E-state index in [-0.39, 0.29) is 42.5 Å². The number of aliphatic imine (C=N–C) groups is 1. The number of amides is 2. The molecule has 0 bridgehead atoms. The molecular weight excluding hydrogens is 386 g/mol. The van der Waals surface area contributed by atoms with Crippen LogP contribution in [0.5, 0.6) is 0 Å². The standard InChI is InChI=1S/C17H31N5O5S/c1-17(2,3)27-16(24)22-9-7-21(8-10-22)15(18)19-6-4-14(23)20-13-5-11-28(25,26)12-13/h13H,4-12H2,1-3H3,(H2,18,19)(H,20,23). The number of carbonyl (C=O) groups excluding carboxylic acids is 2. The summed E-state index contributed by atoms with van der Waals surface area (Å²) in [4.78, 5) is 31.7. The number of sulfone groups is 1. The van der Waals surface area contributed by atoms with E-state index in [1.165, 1.54) is 0 Å². The van der Waals surface area contributed by atoms with Gasteiger partial charge in [-0.15, -0.1) is 0 Å². The first-order valence-corrected chi connectivity index (χ1v) is 11.3. The summed E-state index contributed by atoms with van der Waals surface area (Å²) in [6, 6.07) is -0.306. The predicted octanol–water partition coefficient (Wildman–Crippen LogP) is -0.453. The molecule has 2 heterocycles. The molecule has 0 aromatic carbocycles. The second-order valence-electron chi connectivity index (χ2n) is 8.11. The van der Waals surface area contributed by atoms with Gasteiger partial charge in [0.05, 0.1) is 18.1 Å². The van der Waals surface area contributed by atoms with E-state index in [9.17, 15) is 18.0 Å². The molecule has 28 heavy (non-hydrogen) atoms. The van der Waals surface area contributed by atoms with Crippen molar-refractivity contribution < 1.29 is 22.7 Å². The highest BCUT2D eigenvalue weighted by Gasteiger charge is 2.29. The maximum absolute atomic E-state index is 12.1. The molecule has 2 rings (SSSR count). The molecule has 160 valence electrons. The first kappa shape index (κ1) is 22.3. The van der Waals surface area contributed by atoms with Crippen molar-refractivity contribution >= 4 is 27.8 Å². The fourth-order valence-corrected chi connectivity index (χ4v) is 4.70. The second kappa shape index (κ2) is 8.97. The van der Waals surface area contributed by atoms with Crippen LogP contribution in [0.25, 0.3) is 0 Å². The molecule has 2 saturated heterocycles. The van der Waals surface area contributed by atoms with Crippen molar-refractivity contribution in [1.29, 1.82) is 0 Å². The Labute approximate surface area is 166 Å². The Morgan fingerprint density at radius 3 is 2.32 bits per heavy atom. The van der Waals surface area contributed by atoms with E-state index in [0.717, 1.165) is 0 Å². The average Bonchev–Trinajstić information content (AvgIpc) is 2.91. The normalized spacial score (nSPS) is 22.8. The Bertz CT molecular complexity index is 708. The highest BCUT2D eigenvalue weighted by Crippen LogP contribution is 2.12. The number of carbonyl (C=O) groups is 2. The summed E-state index contributed by atoms with van der Waals surface area (Å²) in [5, 5.41) is 2.72. The summed E-state index contributed by atoms with van der Waals surface area (Å²) in [7, 11) is -3.02. The molecule has 0 saturated carbocycles. The third kappa shape index (κ3) is 7.17. The van der Waals surface area contributed by atoms with Crippen LogP contribution in [0.4, 0.5) is 4.79 Å². The topological polar surface area (TPSA) is 134 Å². The summed E-state index contributed by atoms with van der Waals surface area (Å²) >= 11 is 0. The minimum absolute atomic E-state index is 0.00602. The van der Waals surface area contributed by atoms with Crippen molar-refractivity contribution in [3.8, 4) is 0 Å². The van der Waals surface area contributed by atoms with Crippen molar-refractivity contribution in [3.63, 3.8) is 0 Å². The molecule has 3 N–H and O–H groups in total. The van der Waals surface area contributed by atoms with Crippen molar-refractivity contribution in [2.75, 3.05) is 44.2 Å². The number of ether oxygens (including phenoxy) is 1. The zero-order valence-corrected chi connectivity index (χ0v) is 17.6. The van der Waals surface area contributed by atoms with Gasteiger partial charge in [-0.3, -0.25) is 9.79 Å². The number of nitrogens with zero attached hydrogens (tertiary/aromatic N) is 3.